The zero-order valence-corrected chi connectivity index (χ0v) is 28.2. The molecule has 1 saturated heterocycles. The number of carbonyl (C=O) groups excluding carboxylic acids is 1. The van der Waals surface area contributed by atoms with E-state index < -0.39 is 16.7 Å². The van der Waals surface area contributed by atoms with Crippen molar-refractivity contribution in [1.82, 2.24) is 9.55 Å². The van der Waals surface area contributed by atoms with Crippen LogP contribution in [0.15, 0.2) is 126 Å². The number of nitrogens with one attached hydrogen (secondary N) is 1. The van der Waals surface area contributed by atoms with Crippen LogP contribution in [0.5, 0.6) is 11.5 Å². The molecule has 4 aromatic carbocycles. The molecule has 0 radical (unpaired) electrons. The Morgan fingerprint density at radius 3 is 2.00 bits per heavy atom. The Bertz CT molecular complexity index is 1840. The van der Waals surface area contributed by atoms with Crippen LogP contribution in [0.25, 0.3) is 0 Å². The summed E-state index contributed by atoms with van der Waals surface area (Å²) in [4.78, 5) is 30.0. The molecule has 1 amide bonds. The van der Waals surface area contributed by atoms with Crippen molar-refractivity contribution in [2.24, 2.45) is 5.92 Å². The highest BCUT2D eigenvalue weighted by molar-refractivity contribution is 8.00. The summed E-state index contributed by atoms with van der Waals surface area (Å²) >= 11 is 1.80. The molecular weight excluding hydrogens is 639 g/mol. The number of rotatable bonds is 13. The fourth-order valence-electron chi connectivity index (χ4n) is 6.35. The number of carbonyl (C=O) groups is 1. The van der Waals surface area contributed by atoms with Gasteiger partial charge in [-0.1, -0.05) is 72.8 Å². The fraction of sp³-hybridized carbons (Fsp3) is 0.256. The number of aliphatic hydroxyl groups excluding tert-OH is 1. The van der Waals surface area contributed by atoms with Crippen molar-refractivity contribution in [3.8, 4) is 11.5 Å². The van der Waals surface area contributed by atoms with Gasteiger partial charge in [0.25, 0.3) is 5.91 Å². The number of aromatic nitrogens is 2. The van der Waals surface area contributed by atoms with Gasteiger partial charge in [-0.15, -0.1) is 11.8 Å². The lowest BCUT2D eigenvalue weighted by Gasteiger charge is -2.37. The van der Waals surface area contributed by atoms with E-state index in [2.05, 4.69) is 46.7 Å². The van der Waals surface area contributed by atoms with Gasteiger partial charge in [0.2, 0.25) is 0 Å². The van der Waals surface area contributed by atoms with E-state index in [1.165, 1.54) is 4.57 Å². The van der Waals surface area contributed by atoms with Crippen LogP contribution in [0.4, 0.5) is 5.82 Å². The quantitative estimate of drug-likeness (QED) is 0.136. The molecule has 1 aromatic heterocycles. The third kappa shape index (κ3) is 7.41. The van der Waals surface area contributed by atoms with Gasteiger partial charge in [-0.2, -0.15) is 4.98 Å². The molecule has 9 nitrogen and oxygen atoms in total. The van der Waals surface area contributed by atoms with Crippen LogP contribution < -0.4 is 20.5 Å². The summed E-state index contributed by atoms with van der Waals surface area (Å²) in [6.45, 7) is -0.0447. The number of ether oxygens (including phenoxy) is 3. The maximum absolute atomic E-state index is 13.2. The smallest absolute Gasteiger partial charge is 0.351 e. The van der Waals surface area contributed by atoms with E-state index in [-0.39, 0.29) is 30.4 Å². The van der Waals surface area contributed by atoms with E-state index in [4.69, 9.17) is 14.2 Å². The van der Waals surface area contributed by atoms with Crippen LogP contribution in [0.3, 0.4) is 0 Å². The summed E-state index contributed by atoms with van der Waals surface area (Å²) in [5.74, 6) is 2.03. The molecule has 1 fully saturated rings. The van der Waals surface area contributed by atoms with E-state index in [0.717, 1.165) is 28.2 Å². The Hall–Kier alpha value is -4.90. The number of anilines is 1. The Morgan fingerprint density at radius 2 is 1.45 bits per heavy atom. The molecule has 10 heteroatoms. The molecule has 6 rings (SSSR count). The summed E-state index contributed by atoms with van der Waals surface area (Å²) in [7, 11) is 3.31. The molecule has 2 N–H and O–H groups in total. The van der Waals surface area contributed by atoms with Crippen LogP contribution in [-0.2, 0) is 9.48 Å². The van der Waals surface area contributed by atoms with Crippen LogP contribution >= 0.6 is 11.8 Å². The first kappa shape index (κ1) is 34.0. The number of amides is 1. The van der Waals surface area contributed by atoms with Crippen LogP contribution in [0.1, 0.15) is 46.1 Å². The van der Waals surface area contributed by atoms with Crippen LogP contribution in [0.2, 0.25) is 0 Å². The lowest BCUT2D eigenvalue weighted by atomic mass is 9.84. The second kappa shape index (κ2) is 15.5. The first-order valence-corrected chi connectivity index (χ1v) is 17.1. The Labute approximate surface area is 289 Å². The molecular formula is C39H39N3O6S. The van der Waals surface area contributed by atoms with E-state index in [0.29, 0.717) is 24.2 Å². The summed E-state index contributed by atoms with van der Waals surface area (Å²) in [5, 5.41) is 12.7. The molecule has 1 aliphatic rings. The van der Waals surface area contributed by atoms with Crippen LogP contribution in [-0.4, -0.2) is 53.2 Å². The molecule has 2 heterocycles. The average molecular weight is 678 g/mol. The highest BCUT2D eigenvalue weighted by Crippen LogP contribution is 2.51. The zero-order valence-electron chi connectivity index (χ0n) is 27.4. The molecule has 0 bridgehead atoms. The minimum absolute atomic E-state index is 0.00564. The van der Waals surface area contributed by atoms with Gasteiger partial charge in [-0.25, -0.2) is 4.79 Å². The monoisotopic (exact) mass is 677 g/mol. The van der Waals surface area contributed by atoms with Gasteiger partial charge in [0.05, 0.1) is 25.1 Å². The minimum atomic E-state index is -0.612. The Kier molecular flexibility index (Phi) is 10.8. The number of benzene rings is 4. The predicted molar refractivity (Wildman–Crippen MR) is 191 cm³/mol. The second-order valence-electron chi connectivity index (χ2n) is 11.8. The zero-order chi connectivity index (χ0) is 34.2. The minimum Gasteiger partial charge on any atom is -0.497 e. The van der Waals surface area contributed by atoms with E-state index in [1.807, 2.05) is 48.5 Å². The highest BCUT2D eigenvalue weighted by Gasteiger charge is 2.42. The van der Waals surface area contributed by atoms with Crippen molar-refractivity contribution in [3.05, 3.63) is 154 Å². The van der Waals surface area contributed by atoms with Gasteiger partial charge in [-0.3, -0.25) is 9.36 Å². The van der Waals surface area contributed by atoms with Crippen molar-refractivity contribution >= 4 is 23.5 Å². The number of methoxy groups -OCH3 is 2. The molecule has 0 aliphatic carbocycles. The first-order chi connectivity index (χ1) is 23.9. The fourth-order valence-corrected chi connectivity index (χ4v) is 8.07. The second-order valence-corrected chi connectivity index (χ2v) is 13.0. The third-order valence-corrected chi connectivity index (χ3v) is 10.6. The normalized spacial score (nSPS) is 17.4. The van der Waals surface area contributed by atoms with Gasteiger partial charge in [0, 0.05) is 24.1 Å². The molecule has 0 spiro atoms. The lowest BCUT2D eigenvalue weighted by Crippen LogP contribution is -2.29. The van der Waals surface area contributed by atoms with Crippen LogP contribution in [0, 0.1) is 5.92 Å². The van der Waals surface area contributed by atoms with E-state index >= 15 is 0 Å². The largest absolute Gasteiger partial charge is 0.497 e. The molecule has 252 valence electrons. The molecule has 3 atom stereocenters. The maximum atomic E-state index is 13.2. The van der Waals surface area contributed by atoms with Crippen molar-refractivity contribution in [3.63, 3.8) is 0 Å². The summed E-state index contributed by atoms with van der Waals surface area (Å²) < 4.78 is 18.3. The van der Waals surface area contributed by atoms with Crippen molar-refractivity contribution in [1.29, 1.82) is 0 Å². The number of hydrogen-bond donors (Lipinski definition) is 2. The number of aliphatic hydroxyl groups is 1. The maximum Gasteiger partial charge on any atom is 0.351 e. The molecule has 1 aliphatic heterocycles. The van der Waals surface area contributed by atoms with Gasteiger partial charge in [0.15, 0.2) is 0 Å². The Morgan fingerprint density at radius 1 is 0.878 bits per heavy atom. The number of hydrogen-bond acceptors (Lipinski definition) is 8. The Balaban J connectivity index is 1.30. The summed E-state index contributed by atoms with van der Waals surface area (Å²) in [6, 6.07) is 37.1. The van der Waals surface area contributed by atoms with Gasteiger partial charge in [0.1, 0.15) is 23.5 Å². The average Bonchev–Trinajstić information content (AvgIpc) is 3.55. The number of thioether (sulfide) groups is 1. The number of nitrogens with zero attached hydrogens (tertiary/aromatic N) is 2. The molecule has 0 unspecified atom stereocenters. The topological polar surface area (TPSA) is 112 Å². The molecule has 0 saturated carbocycles. The van der Waals surface area contributed by atoms with Crippen molar-refractivity contribution in [2.75, 3.05) is 31.9 Å². The van der Waals surface area contributed by atoms with E-state index in [9.17, 15) is 14.7 Å². The van der Waals surface area contributed by atoms with Gasteiger partial charge in [-0.05, 0) is 77.9 Å². The highest BCUT2D eigenvalue weighted by atomic mass is 32.2. The van der Waals surface area contributed by atoms with E-state index in [1.54, 1.807) is 62.5 Å². The predicted octanol–water partition coefficient (Wildman–Crippen LogP) is 6.52. The van der Waals surface area contributed by atoms with Gasteiger partial charge >= 0.3 is 5.69 Å². The lowest BCUT2D eigenvalue weighted by molar-refractivity contribution is -0.0158. The third-order valence-electron chi connectivity index (χ3n) is 8.88. The standard InChI is InChI=1S/C39H39N3O6S/c1-46-32-17-13-30(14-18-32)39(29-11-7-4-8-12-29,31-15-19-33(47-2)20-16-31)49-26-28-25-36(48-34(28)22-24-43)42-23-21-35(41-38(42)45)40-37(44)27-9-5-3-6-10-27/h3-21,23,28,34,36,43H,22,24-26H2,1-2H3,(H,40,41,44,45)/t28-,34-,36-/m1/s1. The summed E-state index contributed by atoms with van der Waals surface area (Å²) in [5.41, 5.74) is 3.21. The summed E-state index contributed by atoms with van der Waals surface area (Å²) in [6.07, 6.45) is 1.72. The van der Waals surface area contributed by atoms with Crippen molar-refractivity contribution < 1.29 is 24.1 Å². The molecule has 5 aromatic rings. The van der Waals surface area contributed by atoms with Crippen molar-refractivity contribution in [2.45, 2.75) is 29.9 Å². The molecule has 49 heavy (non-hydrogen) atoms. The first-order valence-electron chi connectivity index (χ1n) is 16.2. The van der Waals surface area contributed by atoms with Gasteiger partial charge < -0.3 is 24.6 Å². The SMILES string of the molecule is COc1ccc(C(SC[C@H]2C[C@H](n3ccc(NC(=O)c4ccccc4)nc3=O)O[C@@H]2CCO)(c2ccccc2)c2ccc(OC)cc2)cc1.